The molecule has 0 radical (unpaired) electrons. The summed E-state index contributed by atoms with van der Waals surface area (Å²) >= 11 is 0. The van der Waals surface area contributed by atoms with Gasteiger partial charge in [0.1, 0.15) is 5.76 Å². The monoisotopic (exact) mass is 366 g/mol. The van der Waals surface area contributed by atoms with Crippen molar-refractivity contribution in [1.82, 2.24) is 10.2 Å². The summed E-state index contributed by atoms with van der Waals surface area (Å²) in [6.45, 7) is 2.32. The van der Waals surface area contributed by atoms with Gasteiger partial charge in [0.25, 0.3) is 17.7 Å². The first-order valence-corrected chi connectivity index (χ1v) is 9.36. The van der Waals surface area contributed by atoms with Crippen LogP contribution in [0.4, 0.5) is 0 Å². The van der Waals surface area contributed by atoms with Gasteiger partial charge in [0.15, 0.2) is 0 Å². The summed E-state index contributed by atoms with van der Waals surface area (Å²) in [5.74, 6) is 0.296. The summed E-state index contributed by atoms with van der Waals surface area (Å²) in [6, 6.07) is 8.31. The Labute approximate surface area is 157 Å². The second kappa shape index (κ2) is 7.02. The normalized spacial score (nSPS) is 22.0. The lowest BCUT2D eigenvalue weighted by Gasteiger charge is -2.26. The molecule has 140 valence electrons. The van der Waals surface area contributed by atoms with E-state index in [1.54, 1.807) is 24.3 Å². The van der Waals surface area contributed by atoms with E-state index in [2.05, 4.69) is 12.2 Å². The number of amides is 3. The quantitative estimate of drug-likeness (QED) is 0.841. The second-order valence-corrected chi connectivity index (χ2v) is 7.47. The largest absolute Gasteiger partial charge is 0.467 e. The van der Waals surface area contributed by atoms with Crippen molar-refractivity contribution in [2.24, 2.45) is 5.92 Å². The molecule has 1 aromatic heterocycles. The van der Waals surface area contributed by atoms with E-state index in [9.17, 15) is 14.4 Å². The topological polar surface area (TPSA) is 79.6 Å². The fourth-order valence-corrected chi connectivity index (χ4v) is 3.81. The van der Waals surface area contributed by atoms with Crippen molar-refractivity contribution >= 4 is 17.7 Å². The van der Waals surface area contributed by atoms with Gasteiger partial charge in [-0.1, -0.05) is 6.92 Å². The number of nitrogens with one attached hydrogen (secondary N) is 1. The number of furan rings is 1. The third-order valence-corrected chi connectivity index (χ3v) is 5.48. The average molecular weight is 366 g/mol. The van der Waals surface area contributed by atoms with Crippen molar-refractivity contribution < 1.29 is 18.8 Å². The van der Waals surface area contributed by atoms with Crippen molar-refractivity contribution in [2.75, 3.05) is 0 Å². The van der Waals surface area contributed by atoms with Gasteiger partial charge < -0.3 is 9.73 Å². The zero-order valence-electron chi connectivity index (χ0n) is 15.2. The predicted molar refractivity (Wildman–Crippen MR) is 98.2 cm³/mol. The van der Waals surface area contributed by atoms with Crippen LogP contribution >= 0.6 is 0 Å². The maximum absolute atomic E-state index is 12.7. The highest BCUT2D eigenvalue weighted by atomic mass is 16.3. The van der Waals surface area contributed by atoms with Crippen LogP contribution in [-0.4, -0.2) is 28.7 Å². The fraction of sp³-hybridized carbons (Fsp3) is 0.381. The number of hydrogen-bond donors (Lipinski definition) is 1. The van der Waals surface area contributed by atoms with Crippen LogP contribution in [0.15, 0.2) is 41.0 Å². The van der Waals surface area contributed by atoms with Gasteiger partial charge in [-0.2, -0.15) is 0 Å². The Kier molecular flexibility index (Phi) is 4.56. The van der Waals surface area contributed by atoms with E-state index < -0.39 is 5.91 Å². The van der Waals surface area contributed by atoms with Crippen LogP contribution in [0.25, 0.3) is 0 Å². The highest BCUT2D eigenvalue weighted by Crippen LogP contribution is 2.27. The molecule has 0 unspecified atom stereocenters. The number of hydrogen-bond acceptors (Lipinski definition) is 4. The number of rotatable bonds is 4. The smallest absolute Gasteiger partial charge is 0.261 e. The minimum Gasteiger partial charge on any atom is -0.467 e. The zero-order valence-corrected chi connectivity index (χ0v) is 15.2. The maximum Gasteiger partial charge on any atom is 0.261 e. The summed E-state index contributed by atoms with van der Waals surface area (Å²) in [4.78, 5) is 38.9. The second-order valence-electron chi connectivity index (χ2n) is 7.47. The molecule has 1 aromatic carbocycles. The molecule has 0 spiro atoms. The number of benzene rings is 1. The fourth-order valence-electron chi connectivity index (χ4n) is 3.81. The van der Waals surface area contributed by atoms with E-state index in [-0.39, 0.29) is 30.0 Å². The van der Waals surface area contributed by atoms with Crippen molar-refractivity contribution in [3.63, 3.8) is 0 Å². The van der Waals surface area contributed by atoms with Gasteiger partial charge in [0.2, 0.25) is 0 Å². The van der Waals surface area contributed by atoms with Gasteiger partial charge in [-0.3, -0.25) is 19.3 Å². The first-order valence-electron chi connectivity index (χ1n) is 9.36. The van der Waals surface area contributed by atoms with Crippen LogP contribution in [0.1, 0.15) is 69.4 Å². The molecule has 2 heterocycles. The maximum atomic E-state index is 12.7. The Morgan fingerprint density at radius 2 is 1.85 bits per heavy atom. The highest BCUT2D eigenvalue weighted by molar-refractivity contribution is 6.22. The number of imide groups is 1. The Balaban J connectivity index is 1.49. The minimum absolute atomic E-state index is 0.0845. The number of fused-ring (bicyclic) bond motifs is 1. The predicted octanol–water partition coefficient (Wildman–Crippen LogP) is 3.38. The summed E-state index contributed by atoms with van der Waals surface area (Å²) in [6.07, 6.45) is 5.69. The molecule has 27 heavy (non-hydrogen) atoms. The van der Waals surface area contributed by atoms with Crippen LogP contribution in [0.2, 0.25) is 0 Å². The van der Waals surface area contributed by atoms with Crippen LogP contribution in [0.3, 0.4) is 0 Å². The number of carbonyl (C=O) groups excluding carboxylic acids is 3. The molecule has 1 fully saturated rings. The summed E-state index contributed by atoms with van der Waals surface area (Å²) in [7, 11) is 0. The van der Waals surface area contributed by atoms with Crippen molar-refractivity contribution in [2.45, 2.75) is 45.2 Å². The van der Waals surface area contributed by atoms with Crippen molar-refractivity contribution in [1.29, 1.82) is 0 Å². The molecule has 1 aliphatic carbocycles. The van der Waals surface area contributed by atoms with Crippen LogP contribution in [-0.2, 0) is 6.54 Å². The Morgan fingerprint density at radius 3 is 2.56 bits per heavy atom. The van der Waals surface area contributed by atoms with Crippen molar-refractivity contribution in [3.05, 3.63) is 59.0 Å². The zero-order chi connectivity index (χ0) is 19.0. The molecule has 4 rings (SSSR count). The Morgan fingerprint density at radius 1 is 1.11 bits per heavy atom. The number of carbonyl (C=O) groups is 3. The molecule has 2 aliphatic rings. The van der Waals surface area contributed by atoms with E-state index in [4.69, 9.17) is 4.42 Å². The molecule has 6 heteroatoms. The Bertz CT molecular complexity index is 880. The molecule has 2 aromatic rings. The standard InChI is InChI=1S/C21H22N2O4/c1-13-4-7-15(8-5-13)22-19(24)14-6-9-17-18(11-14)21(26)23(20(17)25)12-16-3-2-10-27-16/h2-3,6,9-11,13,15H,4-5,7-8,12H2,1H3,(H,22,24). The minimum atomic E-state index is -0.396. The van der Waals surface area contributed by atoms with Crippen LogP contribution in [0.5, 0.6) is 0 Å². The van der Waals surface area contributed by atoms with Gasteiger partial charge >= 0.3 is 0 Å². The van der Waals surface area contributed by atoms with Gasteiger partial charge in [-0.15, -0.1) is 0 Å². The third-order valence-electron chi connectivity index (χ3n) is 5.48. The summed E-state index contributed by atoms with van der Waals surface area (Å²) < 4.78 is 5.23. The Hall–Kier alpha value is -2.89. The molecule has 0 saturated heterocycles. The van der Waals surface area contributed by atoms with E-state index in [1.807, 2.05) is 0 Å². The van der Waals surface area contributed by atoms with Crippen LogP contribution < -0.4 is 5.32 Å². The molecule has 1 aliphatic heterocycles. The van der Waals surface area contributed by atoms with Gasteiger partial charge in [-0.25, -0.2) is 0 Å². The lowest BCUT2D eigenvalue weighted by molar-refractivity contribution is 0.0631. The molecule has 3 amide bonds. The van der Waals surface area contributed by atoms with Gasteiger partial charge in [-0.05, 0) is 61.9 Å². The van der Waals surface area contributed by atoms with E-state index in [0.29, 0.717) is 22.8 Å². The molecule has 1 saturated carbocycles. The van der Waals surface area contributed by atoms with E-state index in [0.717, 1.165) is 30.6 Å². The molecular weight excluding hydrogens is 344 g/mol. The first kappa shape index (κ1) is 17.5. The van der Waals surface area contributed by atoms with Gasteiger partial charge in [0, 0.05) is 11.6 Å². The van der Waals surface area contributed by atoms with E-state index >= 15 is 0 Å². The first-order chi connectivity index (χ1) is 13.0. The SMILES string of the molecule is CC1CCC(NC(=O)c2ccc3c(c2)C(=O)N(Cc2ccco2)C3=O)CC1. The molecule has 0 atom stereocenters. The van der Waals surface area contributed by atoms with Crippen LogP contribution in [0, 0.1) is 5.92 Å². The van der Waals surface area contributed by atoms with Crippen molar-refractivity contribution in [3.8, 4) is 0 Å². The summed E-state index contributed by atoms with van der Waals surface area (Å²) in [5, 5.41) is 3.06. The lowest BCUT2D eigenvalue weighted by Crippen LogP contribution is -2.37. The molecule has 1 N–H and O–H groups in total. The molecule has 0 bridgehead atoms. The average Bonchev–Trinajstić information content (AvgIpc) is 3.26. The third kappa shape index (κ3) is 3.39. The summed E-state index contributed by atoms with van der Waals surface area (Å²) in [5.41, 5.74) is 1.01. The molecule has 6 nitrogen and oxygen atoms in total. The van der Waals surface area contributed by atoms with E-state index in [1.165, 1.54) is 12.3 Å². The molecular formula is C21H22N2O4. The van der Waals surface area contributed by atoms with Gasteiger partial charge in [0.05, 0.1) is 23.9 Å². The highest BCUT2D eigenvalue weighted by Gasteiger charge is 2.36. The number of nitrogens with zero attached hydrogens (tertiary/aromatic N) is 1. The lowest BCUT2D eigenvalue weighted by atomic mass is 9.87.